The molecule has 0 spiro atoms. The molecular formula is C26H35IrN5OP-. The minimum atomic E-state index is -3.02. The van der Waals surface area contributed by atoms with Gasteiger partial charge in [-0.05, 0) is 56.7 Å². The fourth-order valence-corrected chi connectivity index (χ4v) is 7.33. The van der Waals surface area contributed by atoms with Crippen molar-refractivity contribution in [1.82, 2.24) is 19.3 Å². The molecule has 185 valence electrons. The molecule has 1 unspecified atom stereocenters. The third kappa shape index (κ3) is 2.90. The summed E-state index contributed by atoms with van der Waals surface area (Å²) in [6.45, 7) is 22.0. The number of rotatable bonds is 0. The number of fused-ring (bicyclic) bond motifs is 6. The zero-order chi connectivity index (χ0) is 24.5. The molecule has 5 rings (SSSR count). The van der Waals surface area contributed by atoms with Gasteiger partial charge in [-0.1, -0.05) is 62.3 Å². The van der Waals surface area contributed by atoms with Gasteiger partial charge in [-0.15, -0.1) is 0 Å². The van der Waals surface area contributed by atoms with Gasteiger partial charge in [0.25, 0.3) is 7.44 Å². The molecule has 1 aromatic carbocycles. The first-order valence-corrected chi connectivity index (χ1v) is 13.7. The van der Waals surface area contributed by atoms with Gasteiger partial charge in [0.05, 0.1) is 28.5 Å². The summed E-state index contributed by atoms with van der Waals surface area (Å²) in [4.78, 5) is 14.4. The first-order chi connectivity index (χ1) is 14.9. The van der Waals surface area contributed by atoms with E-state index in [4.69, 9.17) is 9.97 Å². The minimum Gasteiger partial charge on any atom is -0.338 e. The van der Waals surface area contributed by atoms with Gasteiger partial charge in [0.2, 0.25) is 0 Å². The van der Waals surface area contributed by atoms with E-state index >= 15 is 0 Å². The molecular weight excluding hydrogens is 622 g/mol. The Morgan fingerprint density at radius 2 is 1.53 bits per heavy atom. The van der Waals surface area contributed by atoms with Crippen LogP contribution in [0.3, 0.4) is 0 Å². The maximum absolute atomic E-state index is 14.3. The van der Waals surface area contributed by atoms with Crippen LogP contribution in [0.25, 0.3) is 22.4 Å². The molecule has 6 nitrogen and oxygen atoms in total. The van der Waals surface area contributed by atoms with Gasteiger partial charge in [0, 0.05) is 33.8 Å². The number of imidazole rings is 1. The Kier molecular flexibility index (Phi) is 5.27. The van der Waals surface area contributed by atoms with Crippen molar-refractivity contribution in [3.63, 3.8) is 0 Å². The maximum Gasteiger partial charge on any atom is 0.250 e. The molecule has 3 aromatic rings. The van der Waals surface area contributed by atoms with Crippen molar-refractivity contribution in [2.75, 3.05) is 18.4 Å². The maximum atomic E-state index is 14.3. The quantitative estimate of drug-likeness (QED) is 0.210. The molecule has 1 aliphatic heterocycles. The van der Waals surface area contributed by atoms with Crippen LogP contribution < -0.4 is 4.67 Å². The summed E-state index contributed by atoms with van der Waals surface area (Å²) in [7, 11) is -1.17. The fourth-order valence-electron chi connectivity index (χ4n) is 5.51. The van der Waals surface area contributed by atoms with Crippen LogP contribution in [0.1, 0.15) is 79.3 Å². The Bertz CT molecular complexity index is 1400. The molecule has 2 aliphatic rings. The van der Waals surface area contributed by atoms with Crippen LogP contribution in [0.2, 0.25) is 0 Å². The van der Waals surface area contributed by atoms with Crippen LogP contribution in [-0.4, -0.2) is 33.0 Å². The molecule has 0 fully saturated rings. The van der Waals surface area contributed by atoms with Crippen molar-refractivity contribution in [2.45, 2.75) is 78.6 Å². The summed E-state index contributed by atoms with van der Waals surface area (Å²) in [5.74, 6) is 1.96. The average Bonchev–Trinajstić information content (AvgIpc) is 3.13. The number of hydrogen-bond acceptors (Lipinski definition) is 4. The predicted octanol–water partition coefficient (Wildman–Crippen LogP) is 6.30. The molecule has 1 radical (unpaired) electrons. The molecule has 2 aromatic heterocycles. The zero-order valence-electron chi connectivity index (χ0n) is 22.1. The summed E-state index contributed by atoms with van der Waals surface area (Å²) < 4.78 is 18.0. The molecule has 1 aliphatic carbocycles. The molecule has 0 N–H and O–H groups in total. The Balaban J connectivity index is 0.00000274. The molecule has 0 bridgehead atoms. The summed E-state index contributed by atoms with van der Waals surface area (Å²) in [6, 6.07) is 4.45. The second kappa shape index (κ2) is 7.02. The van der Waals surface area contributed by atoms with E-state index in [-0.39, 0.29) is 41.8 Å². The molecule has 1 atom stereocenters. The Labute approximate surface area is 216 Å². The van der Waals surface area contributed by atoms with Crippen molar-refractivity contribution < 1.29 is 24.7 Å². The van der Waals surface area contributed by atoms with Crippen LogP contribution in [0.5, 0.6) is 0 Å². The summed E-state index contributed by atoms with van der Waals surface area (Å²) >= 11 is 0. The van der Waals surface area contributed by atoms with Crippen molar-refractivity contribution in [1.29, 1.82) is 0 Å². The SMILES string of the molecule is CN1c2nc(C(C)(C)C)n[c-]c2-c2nc3cc4c(cc3n2P1(C)=O)C(C)(C)C(C)(C)C4(C)C.[Ir]. The molecule has 0 saturated heterocycles. The number of nitrogens with zero attached hydrogens (tertiary/aromatic N) is 5. The van der Waals surface area contributed by atoms with Gasteiger partial charge in [0.15, 0.2) is 0 Å². The molecule has 3 heterocycles. The topological polar surface area (TPSA) is 63.9 Å². The van der Waals surface area contributed by atoms with Crippen molar-refractivity contribution >= 4 is 24.3 Å². The Morgan fingerprint density at radius 3 is 2.09 bits per heavy atom. The van der Waals surface area contributed by atoms with Gasteiger partial charge in [-0.25, -0.2) is 0 Å². The number of aromatic nitrogens is 4. The van der Waals surface area contributed by atoms with E-state index in [0.717, 1.165) is 11.0 Å². The van der Waals surface area contributed by atoms with Gasteiger partial charge in [0.1, 0.15) is 0 Å². The van der Waals surface area contributed by atoms with E-state index in [0.29, 0.717) is 23.0 Å². The van der Waals surface area contributed by atoms with Crippen molar-refractivity contribution in [3.05, 3.63) is 35.3 Å². The van der Waals surface area contributed by atoms with E-state index in [1.54, 1.807) is 11.3 Å². The molecule has 8 heteroatoms. The number of hydrogen-bond donors (Lipinski definition) is 0. The van der Waals surface area contributed by atoms with Crippen molar-refractivity contribution in [3.8, 4) is 11.4 Å². The second-order valence-corrected chi connectivity index (χ2v) is 15.1. The average molecular weight is 657 g/mol. The predicted molar refractivity (Wildman–Crippen MR) is 135 cm³/mol. The zero-order valence-corrected chi connectivity index (χ0v) is 25.4. The molecule has 34 heavy (non-hydrogen) atoms. The van der Waals surface area contributed by atoms with Gasteiger partial charge in [-0.2, -0.15) is 0 Å². The van der Waals surface area contributed by atoms with E-state index < -0.39 is 7.44 Å². The van der Waals surface area contributed by atoms with Crippen LogP contribution in [0, 0.1) is 11.6 Å². The third-order valence-corrected chi connectivity index (χ3v) is 11.5. The summed E-state index contributed by atoms with van der Waals surface area (Å²) in [6.07, 6.45) is 3.19. The molecule has 0 saturated carbocycles. The first kappa shape index (κ1) is 25.5. The van der Waals surface area contributed by atoms with E-state index in [9.17, 15) is 4.57 Å². The van der Waals surface area contributed by atoms with Crippen LogP contribution in [0.4, 0.5) is 5.82 Å². The van der Waals surface area contributed by atoms with Crippen LogP contribution in [0.15, 0.2) is 12.1 Å². The van der Waals surface area contributed by atoms with Crippen molar-refractivity contribution in [2.24, 2.45) is 5.41 Å². The van der Waals surface area contributed by atoms with Crippen LogP contribution in [-0.2, 0) is 40.9 Å². The fraction of sp³-hybridized carbons (Fsp3) is 0.577. The standard InChI is InChI=1S/C26H35N5OP.Ir/c1-23(2,3)22-27-14-15-20(29-22)30(10)33(11,32)31-19-13-17-16(12-18(19)28-21(15)31)24(4,5)26(8,9)25(17,6)7;/h12-13H,1-11H3;/q-1;. The normalized spacial score (nSPS) is 23.8. The second-order valence-electron chi connectivity index (χ2n) is 12.5. The first-order valence-electron chi connectivity index (χ1n) is 11.6. The molecule has 0 amide bonds. The van der Waals surface area contributed by atoms with E-state index in [1.165, 1.54) is 11.1 Å². The Hall–Kier alpha value is -1.55. The van der Waals surface area contributed by atoms with Gasteiger partial charge >= 0.3 is 0 Å². The number of benzene rings is 1. The Morgan fingerprint density at radius 1 is 0.971 bits per heavy atom. The van der Waals surface area contributed by atoms with Gasteiger partial charge < -0.3 is 14.6 Å². The van der Waals surface area contributed by atoms with E-state index in [1.807, 2.05) is 11.4 Å². The largest absolute Gasteiger partial charge is 0.338 e. The van der Waals surface area contributed by atoms with E-state index in [2.05, 4.69) is 85.6 Å². The third-order valence-electron chi connectivity index (χ3n) is 9.08. The minimum absolute atomic E-state index is 0. The smallest absolute Gasteiger partial charge is 0.250 e. The van der Waals surface area contributed by atoms with Gasteiger partial charge in [-0.3, -0.25) is 13.9 Å². The monoisotopic (exact) mass is 657 g/mol. The number of anilines is 1. The summed E-state index contributed by atoms with van der Waals surface area (Å²) in [5.41, 5.74) is 4.86. The van der Waals surface area contributed by atoms with Crippen LogP contribution >= 0.6 is 7.44 Å². The summed E-state index contributed by atoms with van der Waals surface area (Å²) in [5, 5.41) is 0.